The molecule has 5 heteroatoms. The first-order chi connectivity index (χ1) is 11.0. The highest BCUT2D eigenvalue weighted by atomic mass is 16.1. The quantitative estimate of drug-likeness (QED) is 0.777. The fourth-order valence-corrected chi connectivity index (χ4v) is 2.54. The minimum Gasteiger partial charge on any atom is -0.366 e. The number of nitrogens with zero attached hydrogens (tertiary/aromatic N) is 2. The van der Waals surface area contributed by atoms with Gasteiger partial charge in [0.2, 0.25) is 5.91 Å². The Kier molecular flexibility index (Phi) is 3.85. The summed E-state index contributed by atoms with van der Waals surface area (Å²) in [6.45, 7) is 3.97. The fourth-order valence-electron chi connectivity index (χ4n) is 2.54. The highest BCUT2D eigenvalue weighted by Crippen LogP contribution is 2.24. The summed E-state index contributed by atoms with van der Waals surface area (Å²) >= 11 is 0. The first kappa shape index (κ1) is 14.8. The van der Waals surface area contributed by atoms with Crippen LogP contribution in [-0.4, -0.2) is 15.6 Å². The SMILES string of the molecule is Cc1cccc(Nn2cnc(C)c2-c2cccc(C(N)=O)c2)c1. The number of carbonyl (C=O) groups is 1. The fraction of sp³-hybridized carbons (Fsp3) is 0.111. The molecule has 0 aliphatic heterocycles. The monoisotopic (exact) mass is 306 g/mol. The summed E-state index contributed by atoms with van der Waals surface area (Å²) in [5.41, 5.74) is 14.0. The minimum absolute atomic E-state index is 0.442. The van der Waals surface area contributed by atoms with E-state index in [9.17, 15) is 4.79 Å². The predicted molar refractivity (Wildman–Crippen MR) is 91.1 cm³/mol. The average Bonchev–Trinajstić information content (AvgIpc) is 2.88. The molecule has 1 heterocycles. The standard InChI is InChI=1S/C18H18N4O/c1-12-5-3-8-16(9-12)21-22-11-20-13(2)17(22)14-6-4-7-15(10-14)18(19)23/h3-11,21H,1-2H3,(H2,19,23). The molecular weight excluding hydrogens is 288 g/mol. The molecule has 0 saturated heterocycles. The molecule has 0 aliphatic carbocycles. The van der Waals surface area contributed by atoms with Crippen LogP contribution >= 0.6 is 0 Å². The number of rotatable bonds is 4. The van der Waals surface area contributed by atoms with Crippen molar-refractivity contribution < 1.29 is 4.79 Å². The zero-order valence-corrected chi connectivity index (χ0v) is 13.1. The summed E-state index contributed by atoms with van der Waals surface area (Å²) in [5.74, 6) is -0.442. The van der Waals surface area contributed by atoms with Crippen molar-refractivity contribution in [1.29, 1.82) is 0 Å². The number of nitrogens with two attached hydrogens (primary N) is 1. The molecule has 0 saturated carbocycles. The maximum atomic E-state index is 11.4. The molecule has 23 heavy (non-hydrogen) atoms. The maximum absolute atomic E-state index is 11.4. The molecule has 3 aromatic rings. The Morgan fingerprint density at radius 3 is 2.65 bits per heavy atom. The van der Waals surface area contributed by atoms with E-state index in [1.165, 1.54) is 5.56 Å². The van der Waals surface area contributed by atoms with E-state index < -0.39 is 5.91 Å². The molecule has 0 aliphatic rings. The van der Waals surface area contributed by atoms with Crippen LogP contribution in [0.25, 0.3) is 11.3 Å². The zero-order chi connectivity index (χ0) is 16.4. The Morgan fingerprint density at radius 1 is 1.13 bits per heavy atom. The van der Waals surface area contributed by atoms with Gasteiger partial charge in [-0.1, -0.05) is 24.3 Å². The molecule has 5 nitrogen and oxygen atoms in total. The van der Waals surface area contributed by atoms with Crippen molar-refractivity contribution in [2.24, 2.45) is 5.73 Å². The van der Waals surface area contributed by atoms with Gasteiger partial charge in [0.05, 0.1) is 17.1 Å². The molecule has 0 bridgehead atoms. The van der Waals surface area contributed by atoms with E-state index in [1.807, 2.05) is 48.9 Å². The van der Waals surface area contributed by atoms with Gasteiger partial charge >= 0.3 is 0 Å². The third kappa shape index (κ3) is 3.08. The number of hydrogen-bond donors (Lipinski definition) is 2. The van der Waals surface area contributed by atoms with Gasteiger partial charge in [0.15, 0.2) is 0 Å². The number of benzene rings is 2. The molecule has 0 radical (unpaired) electrons. The van der Waals surface area contributed by atoms with Crippen molar-refractivity contribution >= 4 is 11.6 Å². The van der Waals surface area contributed by atoms with Crippen molar-refractivity contribution in [2.45, 2.75) is 13.8 Å². The second-order valence-electron chi connectivity index (χ2n) is 5.47. The van der Waals surface area contributed by atoms with E-state index in [0.29, 0.717) is 5.56 Å². The van der Waals surface area contributed by atoms with Gasteiger partial charge in [-0.15, -0.1) is 0 Å². The van der Waals surface area contributed by atoms with Crippen molar-refractivity contribution in [3.8, 4) is 11.3 Å². The molecule has 2 aromatic carbocycles. The van der Waals surface area contributed by atoms with Gasteiger partial charge in [-0.05, 0) is 43.7 Å². The summed E-state index contributed by atoms with van der Waals surface area (Å²) in [6.07, 6.45) is 1.73. The topological polar surface area (TPSA) is 72.9 Å². The van der Waals surface area contributed by atoms with Gasteiger partial charge in [-0.2, -0.15) is 0 Å². The molecule has 0 spiro atoms. The summed E-state index contributed by atoms with van der Waals surface area (Å²) in [6, 6.07) is 15.3. The smallest absolute Gasteiger partial charge is 0.248 e. The number of primary amides is 1. The Hall–Kier alpha value is -3.08. The van der Waals surface area contributed by atoms with Crippen LogP contribution in [0.4, 0.5) is 5.69 Å². The van der Waals surface area contributed by atoms with Crippen LogP contribution in [0.3, 0.4) is 0 Å². The van der Waals surface area contributed by atoms with Crippen molar-refractivity contribution in [2.75, 3.05) is 5.43 Å². The van der Waals surface area contributed by atoms with Crippen LogP contribution in [0.5, 0.6) is 0 Å². The first-order valence-corrected chi connectivity index (χ1v) is 7.32. The zero-order valence-electron chi connectivity index (χ0n) is 13.1. The molecule has 3 N–H and O–H groups in total. The van der Waals surface area contributed by atoms with Crippen LogP contribution in [0, 0.1) is 13.8 Å². The van der Waals surface area contributed by atoms with Crippen LogP contribution < -0.4 is 11.2 Å². The number of anilines is 1. The number of imidazole rings is 1. The molecule has 0 unspecified atom stereocenters. The number of aryl methyl sites for hydroxylation is 2. The summed E-state index contributed by atoms with van der Waals surface area (Å²) in [7, 11) is 0. The molecule has 3 rings (SSSR count). The molecule has 1 amide bonds. The molecule has 0 atom stereocenters. The van der Waals surface area contributed by atoms with Crippen LogP contribution in [-0.2, 0) is 0 Å². The number of aromatic nitrogens is 2. The lowest BCUT2D eigenvalue weighted by Crippen LogP contribution is -2.12. The Labute approximate surface area is 134 Å². The normalized spacial score (nSPS) is 10.5. The lowest BCUT2D eigenvalue weighted by atomic mass is 10.1. The minimum atomic E-state index is -0.442. The van der Waals surface area contributed by atoms with Gasteiger partial charge in [-0.3, -0.25) is 10.2 Å². The Morgan fingerprint density at radius 2 is 1.91 bits per heavy atom. The number of nitrogens with one attached hydrogen (secondary N) is 1. The predicted octanol–water partition coefficient (Wildman–Crippen LogP) is 3.14. The van der Waals surface area contributed by atoms with Gasteiger partial charge in [0.1, 0.15) is 6.33 Å². The van der Waals surface area contributed by atoms with E-state index in [4.69, 9.17) is 5.73 Å². The second-order valence-corrected chi connectivity index (χ2v) is 5.47. The maximum Gasteiger partial charge on any atom is 0.248 e. The average molecular weight is 306 g/mol. The Bertz CT molecular complexity index is 867. The first-order valence-electron chi connectivity index (χ1n) is 7.32. The number of carbonyl (C=O) groups excluding carboxylic acids is 1. The van der Waals surface area contributed by atoms with E-state index in [1.54, 1.807) is 18.5 Å². The van der Waals surface area contributed by atoms with Gasteiger partial charge in [0, 0.05) is 11.1 Å². The Balaban J connectivity index is 2.02. The third-order valence-electron chi connectivity index (χ3n) is 3.64. The summed E-state index contributed by atoms with van der Waals surface area (Å²) in [4.78, 5) is 15.8. The van der Waals surface area contributed by atoms with Gasteiger partial charge in [0.25, 0.3) is 0 Å². The van der Waals surface area contributed by atoms with E-state index in [2.05, 4.69) is 16.5 Å². The van der Waals surface area contributed by atoms with Crippen LogP contribution in [0.1, 0.15) is 21.6 Å². The van der Waals surface area contributed by atoms with Crippen molar-refractivity contribution in [1.82, 2.24) is 9.66 Å². The summed E-state index contributed by atoms with van der Waals surface area (Å²) in [5, 5.41) is 0. The van der Waals surface area contributed by atoms with Gasteiger partial charge < -0.3 is 5.73 Å². The largest absolute Gasteiger partial charge is 0.366 e. The van der Waals surface area contributed by atoms with Crippen molar-refractivity contribution in [3.05, 3.63) is 71.7 Å². The molecule has 0 fully saturated rings. The van der Waals surface area contributed by atoms with E-state index >= 15 is 0 Å². The lowest BCUT2D eigenvalue weighted by molar-refractivity contribution is 0.100. The molecule has 116 valence electrons. The van der Waals surface area contributed by atoms with E-state index in [-0.39, 0.29) is 0 Å². The summed E-state index contributed by atoms with van der Waals surface area (Å²) < 4.78 is 1.85. The molecule has 1 aromatic heterocycles. The third-order valence-corrected chi connectivity index (χ3v) is 3.64. The van der Waals surface area contributed by atoms with Crippen molar-refractivity contribution in [3.63, 3.8) is 0 Å². The van der Waals surface area contributed by atoms with Crippen LogP contribution in [0.15, 0.2) is 54.9 Å². The number of hydrogen-bond acceptors (Lipinski definition) is 3. The molecular formula is C18H18N4O. The van der Waals surface area contributed by atoms with Gasteiger partial charge in [-0.25, -0.2) is 9.66 Å². The second kappa shape index (κ2) is 5.96. The number of amides is 1. The highest BCUT2D eigenvalue weighted by Gasteiger charge is 2.12. The van der Waals surface area contributed by atoms with E-state index in [0.717, 1.165) is 22.6 Å². The van der Waals surface area contributed by atoms with Crippen LogP contribution in [0.2, 0.25) is 0 Å². The lowest BCUT2D eigenvalue weighted by Gasteiger charge is -2.13. The highest BCUT2D eigenvalue weighted by molar-refractivity contribution is 5.94.